The molecule has 8 nitrogen and oxygen atoms in total. The number of carbonyl (C=O) groups is 1. The van der Waals surface area contributed by atoms with Gasteiger partial charge in [-0.2, -0.15) is 0 Å². The van der Waals surface area contributed by atoms with Gasteiger partial charge in [0, 0.05) is 28.4 Å². The zero-order valence-electron chi connectivity index (χ0n) is 17.2. The number of nitroso groups, excluding NO2 is 1. The number of hydrogen-bond donors (Lipinski definition) is 1. The van der Waals surface area contributed by atoms with Crippen molar-refractivity contribution >= 4 is 22.6 Å². The fourth-order valence-electron chi connectivity index (χ4n) is 3.63. The third-order valence-electron chi connectivity index (χ3n) is 4.82. The van der Waals surface area contributed by atoms with Gasteiger partial charge in [-0.15, -0.1) is 4.74 Å². The van der Waals surface area contributed by atoms with Gasteiger partial charge >= 0.3 is 17.5 Å². The second kappa shape index (κ2) is 8.46. The molecule has 3 rings (SSSR count). The average molecular weight is 400 g/mol. The van der Waals surface area contributed by atoms with E-state index in [2.05, 4.69) is 4.98 Å². The smallest absolute Gasteiger partial charge is 0.453 e. The van der Waals surface area contributed by atoms with Crippen molar-refractivity contribution in [2.75, 3.05) is 20.3 Å². The number of esters is 1. The van der Waals surface area contributed by atoms with Crippen molar-refractivity contribution in [3.05, 3.63) is 57.2 Å². The number of ether oxygens (including phenoxy) is 2. The molecule has 1 aromatic carbocycles. The molecule has 0 amide bonds. The molecular formula is C21H26N3O5+. The van der Waals surface area contributed by atoms with E-state index in [0.29, 0.717) is 23.1 Å². The van der Waals surface area contributed by atoms with Gasteiger partial charge in [0.2, 0.25) is 5.71 Å². The Balaban J connectivity index is 2.07. The van der Waals surface area contributed by atoms with Crippen LogP contribution in [0.3, 0.4) is 0 Å². The molecule has 1 aromatic heterocycles. The molecule has 154 valence electrons. The molecule has 0 fully saturated rings. The van der Waals surface area contributed by atoms with Crippen molar-refractivity contribution in [3.8, 4) is 0 Å². The number of benzene rings is 1. The maximum Gasteiger partial charge on any atom is 0.453 e. The average Bonchev–Trinajstić information content (AvgIpc) is 3.09. The molecule has 0 unspecified atom stereocenters. The minimum atomic E-state index is -0.430. The monoisotopic (exact) mass is 400 g/mol. The lowest BCUT2D eigenvalue weighted by Crippen LogP contribution is -2.35. The standard InChI is InChI=1S/C21H25N3O5/c1-5-29-21(25)16-7-6-8-17-19(16)14(11-22-17)10-18-20(28-4)24(27)15(9-13(2)3)12-23(18)26/h6-8,11,13H,5,9-10,12H2,1-4H3/p+1. The van der Waals surface area contributed by atoms with Crippen LogP contribution in [0.5, 0.6) is 0 Å². The number of methoxy groups -OCH3 is 1. The van der Waals surface area contributed by atoms with Crippen LogP contribution in [0.15, 0.2) is 36.0 Å². The van der Waals surface area contributed by atoms with Crippen LogP contribution < -0.4 is 0 Å². The first-order chi connectivity index (χ1) is 13.9. The molecule has 1 aliphatic rings. The molecule has 0 saturated carbocycles. The molecule has 0 bridgehead atoms. The second-order valence-corrected chi connectivity index (χ2v) is 7.39. The number of nitrogens with one attached hydrogen (secondary N) is 1. The summed E-state index contributed by atoms with van der Waals surface area (Å²) in [6.07, 6.45) is 2.41. The first kappa shape index (κ1) is 20.6. The Labute approximate surface area is 169 Å². The largest absolute Gasteiger partial charge is 0.616 e. The Kier molecular flexibility index (Phi) is 6.00. The number of fused-ring (bicyclic) bond motifs is 1. The summed E-state index contributed by atoms with van der Waals surface area (Å²) in [5.74, 6) is -0.194. The fraction of sp³-hybridized carbons (Fsp3) is 0.429. The highest BCUT2D eigenvalue weighted by Gasteiger charge is 2.41. The van der Waals surface area contributed by atoms with Crippen LogP contribution in [-0.4, -0.2) is 46.4 Å². The normalized spacial score (nSPS) is 14.9. The Morgan fingerprint density at radius 2 is 2.10 bits per heavy atom. The first-order valence-electron chi connectivity index (χ1n) is 9.67. The summed E-state index contributed by atoms with van der Waals surface area (Å²) in [5, 5.41) is 13.4. The molecule has 0 spiro atoms. The predicted molar refractivity (Wildman–Crippen MR) is 109 cm³/mol. The number of rotatable bonds is 7. The van der Waals surface area contributed by atoms with E-state index in [1.54, 1.807) is 25.3 Å². The summed E-state index contributed by atoms with van der Waals surface area (Å²) in [4.78, 5) is 28.3. The summed E-state index contributed by atoms with van der Waals surface area (Å²) in [6, 6.07) is 5.30. The SMILES string of the molecule is CCOC(=O)c1cccc2[nH]cc(CC3=C(OC)[N+]([O-])=C(CC(C)C)C[N+]3=O)c12. The van der Waals surface area contributed by atoms with Crippen LogP contribution in [0, 0.1) is 16.0 Å². The second-order valence-electron chi connectivity index (χ2n) is 7.39. The first-order valence-corrected chi connectivity index (χ1v) is 9.67. The molecule has 2 heterocycles. The molecule has 1 N–H and O–H groups in total. The number of hydroxylamine groups is 1. The molecule has 29 heavy (non-hydrogen) atoms. The van der Waals surface area contributed by atoms with Crippen molar-refractivity contribution in [1.82, 2.24) is 4.98 Å². The quantitative estimate of drug-likeness (QED) is 0.436. The van der Waals surface area contributed by atoms with Crippen molar-refractivity contribution in [3.63, 3.8) is 0 Å². The highest BCUT2D eigenvalue weighted by atomic mass is 16.6. The van der Waals surface area contributed by atoms with Gasteiger partial charge in [0.05, 0.1) is 30.5 Å². The van der Waals surface area contributed by atoms with Gasteiger partial charge in [0.1, 0.15) is 0 Å². The molecule has 0 atom stereocenters. The van der Waals surface area contributed by atoms with E-state index < -0.39 is 5.97 Å². The number of H-pyrrole nitrogens is 1. The van der Waals surface area contributed by atoms with Crippen molar-refractivity contribution < 1.29 is 23.8 Å². The van der Waals surface area contributed by atoms with Crippen molar-refractivity contribution in [1.29, 1.82) is 0 Å². The predicted octanol–water partition coefficient (Wildman–Crippen LogP) is 3.49. The molecule has 8 heteroatoms. The van der Waals surface area contributed by atoms with Gasteiger partial charge < -0.3 is 19.7 Å². The maximum atomic E-state index is 12.8. The highest BCUT2D eigenvalue weighted by molar-refractivity contribution is 6.05. The number of nitrogens with zero attached hydrogens (tertiary/aromatic N) is 2. The van der Waals surface area contributed by atoms with Crippen molar-refractivity contribution in [2.45, 2.75) is 33.6 Å². The summed E-state index contributed by atoms with van der Waals surface area (Å²) in [5.41, 5.74) is 2.59. The van der Waals surface area contributed by atoms with E-state index in [-0.39, 0.29) is 37.1 Å². The maximum absolute atomic E-state index is 12.8. The Morgan fingerprint density at radius 3 is 2.76 bits per heavy atom. The van der Waals surface area contributed by atoms with Gasteiger partial charge in [-0.25, -0.2) is 4.79 Å². The van der Waals surface area contributed by atoms with E-state index in [1.165, 1.54) is 7.11 Å². The third-order valence-corrected chi connectivity index (χ3v) is 4.82. The molecular weight excluding hydrogens is 374 g/mol. The van der Waals surface area contributed by atoms with E-state index in [1.807, 2.05) is 19.9 Å². The van der Waals surface area contributed by atoms with E-state index in [0.717, 1.165) is 20.6 Å². The number of hydrogen-bond acceptors (Lipinski definition) is 5. The number of aromatic amines is 1. The van der Waals surface area contributed by atoms with Crippen LogP contribution in [0.1, 0.15) is 43.1 Å². The summed E-state index contributed by atoms with van der Waals surface area (Å²) < 4.78 is 12.0. The van der Waals surface area contributed by atoms with Crippen LogP contribution in [0.25, 0.3) is 10.9 Å². The number of allylic oxidation sites excluding steroid dienone is 1. The lowest BCUT2D eigenvalue weighted by atomic mass is 10.0. The van der Waals surface area contributed by atoms with Crippen LogP contribution in [0.4, 0.5) is 0 Å². The third kappa shape index (κ3) is 4.01. The van der Waals surface area contributed by atoms with Crippen LogP contribution in [-0.2, 0) is 15.9 Å². The van der Waals surface area contributed by atoms with Gasteiger partial charge in [-0.05, 0) is 30.5 Å². The van der Waals surface area contributed by atoms with Gasteiger partial charge in [0.25, 0.3) is 6.54 Å². The molecule has 0 saturated heterocycles. The summed E-state index contributed by atoms with van der Waals surface area (Å²) >= 11 is 0. The van der Waals surface area contributed by atoms with Gasteiger partial charge in [0.15, 0.2) is 0 Å². The summed E-state index contributed by atoms with van der Waals surface area (Å²) in [7, 11) is 1.38. The van der Waals surface area contributed by atoms with Gasteiger partial charge in [-0.3, -0.25) is 0 Å². The lowest BCUT2D eigenvalue weighted by Gasteiger charge is -2.15. The topological polar surface area (TPSA) is 97.5 Å². The highest BCUT2D eigenvalue weighted by Crippen LogP contribution is 2.28. The Hall–Kier alpha value is -3.16. The van der Waals surface area contributed by atoms with E-state index in [4.69, 9.17) is 9.47 Å². The number of carbonyl (C=O) groups excluding carboxylic acids is 1. The Bertz CT molecular complexity index is 1020. The molecule has 0 aliphatic carbocycles. The fourth-order valence-corrected chi connectivity index (χ4v) is 3.63. The van der Waals surface area contributed by atoms with Crippen LogP contribution in [0.2, 0.25) is 0 Å². The number of aromatic nitrogens is 1. The Morgan fingerprint density at radius 1 is 1.34 bits per heavy atom. The van der Waals surface area contributed by atoms with Gasteiger partial charge in [-0.1, -0.05) is 19.9 Å². The van der Waals surface area contributed by atoms with E-state index in [9.17, 15) is 14.9 Å². The molecule has 1 aliphatic heterocycles. The lowest BCUT2D eigenvalue weighted by molar-refractivity contribution is -0.549. The minimum absolute atomic E-state index is 0.00301. The minimum Gasteiger partial charge on any atom is -0.616 e. The van der Waals surface area contributed by atoms with Crippen molar-refractivity contribution in [2.24, 2.45) is 5.92 Å². The molecule has 2 aromatic rings. The van der Waals surface area contributed by atoms with Crippen LogP contribution >= 0.6 is 0 Å². The zero-order valence-corrected chi connectivity index (χ0v) is 17.2. The zero-order chi connectivity index (χ0) is 21.1. The van der Waals surface area contributed by atoms with E-state index >= 15 is 0 Å². The summed E-state index contributed by atoms with van der Waals surface area (Å²) in [6.45, 7) is 5.99. The molecule has 0 radical (unpaired) electrons.